The van der Waals surface area contributed by atoms with Crippen molar-refractivity contribution in [1.82, 2.24) is 19.4 Å². The van der Waals surface area contributed by atoms with Crippen LogP contribution in [0, 0.1) is 0 Å². The Morgan fingerprint density at radius 3 is 2.48 bits per heavy atom. The molecule has 27 heavy (non-hydrogen) atoms. The Morgan fingerprint density at radius 1 is 1.11 bits per heavy atom. The Kier molecular flexibility index (Phi) is 4.76. The van der Waals surface area contributed by atoms with Gasteiger partial charge in [-0.15, -0.1) is 0 Å². The fraction of sp³-hybridized carbons (Fsp3) is 0.409. The highest BCUT2D eigenvalue weighted by Gasteiger charge is 2.45. The van der Waals surface area contributed by atoms with Gasteiger partial charge in [-0.05, 0) is 38.2 Å². The second-order valence-corrected chi connectivity index (χ2v) is 7.76. The van der Waals surface area contributed by atoms with Crippen LogP contribution in [0.25, 0.3) is 11.0 Å². The van der Waals surface area contributed by atoms with Crippen LogP contribution in [0.1, 0.15) is 17.8 Å². The molecule has 142 valence electrons. The summed E-state index contributed by atoms with van der Waals surface area (Å²) in [6.45, 7) is 2.31. The second kappa shape index (κ2) is 7.08. The summed E-state index contributed by atoms with van der Waals surface area (Å²) >= 11 is 0. The predicted molar refractivity (Wildman–Crippen MR) is 108 cm³/mol. The molecule has 0 radical (unpaired) electrons. The molecular formula is C22H28N4O. The number of imidazole rings is 1. The summed E-state index contributed by atoms with van der Waals surface area (Å²) in [5, 5.41) is 11.2. The third-order valence-corrected chi connectivity index (χ3v) is 6.11. The van der Waals surface area contributed by atoms with Gasteiger partial charge >= 0.3 is 0 Å². The van der Waals surface area contributed by atoms with Crippen LogP contribution >= 0.6 is 0 Å². The summed E-state index contributed by atoms with van der Waals surface area (Å²) < 4.78 is 2.16. The van der Waals surface area contributed by atoms with Crippen molar-refractivity contribution in [3.8, 4) is 0 Å². The average molecular weight is 364 g/mol. The van der Waals surface area contributed by atoms with E-state index < -0.39 is 6.10 Å². The number of aryl methyl sites for hydroxylation is 1. The maximum atomic E-state index is 11.2. The number of aromatic nitrogens is 2. The highest BCUT2D eigenvalue weighted by atomic mass is 16.3. The van der Waals surface area contributed by atoms with Gasteiger partial charge in [0.2, 0.25) is 0 Å². The molecule has 4 rings (SSSR count). The van der Waals surface area contributed by atoms with E-state index in [1.165, 1.54) is 5.56 Å². The fourth-order valence-electron chi connectivity index (χ4n) is 4.51. The summed E-state index contributed by atoms with van der Waals surface area (Å²) in [4.78, 5) is 9.29. The quantitative estimate of drug-likeness (QED) is 0.773. The highest BCUT2D eigenvalue weighted by Crippen LogP contribution is 2.38. The standard InChI is InChI=1S/C22H28N4O/c1-24(2)22(17-9-5-4-6-10-17)13-14-26(15-20(22)27)16-21-23-18-11-7-8-12-19(18)25(21)3/h4-12,20,27H,13-16H2,1-3H3/t20-,22+/m1/s1. The molecule has 5 nitrogen and oxygen atoms in total. The van der Waals surface area contributed by atoms with E-state index in [1.54, 1.807) is 0 Å². The third-order valence-electron chi connectivity index (χ3n) is 6.11. The van der Waals surface area contributed by atoms with Gasteiger partial charge in [0.1, 0.15) is 5.82 Å². The molecule has 5 heteroatoms. The number of hydrogen-bond donors (Lipinski definition) is 1. The maximum Gasteiger partial charge on any atom is 0.123 e. The third kappa shape index (κ3) is 3.06. The van der Waals surface area contributed by atoms with E-state index in [9.17, 15) is 5.11 Å². The van der Waals surface area contributed by atoms with Gasteiger partial charge in [-0.1, -0.05) is 42.5 Å². The van der Waals surface area contributed by atoms with Gasteiger partial charge in [-0.3, -0.25) is 9.80 Å². The summed E-state index contributed by atoms with van der Waals surface area (Å²) in [5.41, 5.74) is 3.02. The van der Waals surface area contributed by atoms with E-state index >= 15 is 0 Å². The van der Waals surface area contributed by atoms with Gasteiger partial charge in [0.15, 0.2) is 0 Å². The molecule has 0 unspecified atom stereocenters. The molecule has 2 aromatic carbocycles. The minimum Gasteiger partial charge on any atom is -0.389 e. The smallest absolute Gasteiger partial charge is 0.123 e. The molecule has 2 atom stereocenters. The first-order valence-electron chi connectivity index (χ1n) is 9.56. The van der Waals surface area contributed by atoms with Crippen molar-refractivity contribution in [1.29, 1.82) is 0 Å². The number of rotatable bonds is 4. The first kappa shape index (κ1) is 18.2. The molecule has 1 fully saturated rings. The van der Waals surface area contributed by atoms with Crippen LogP contribution in [0.5, 0.6) is 0 Å². The number of piperidine rings is 1. The van der Waals surface area contributed by atoms with Crippen molar-refractivity contribution in [2.75, 3.05) is 27.2 Å². The molecule has 0 saturated carbocycles. The molecule has 1 saturated heterocycles. The Hall–Kier alpha value is -2.21. The second-order valence-electron chi connectivity index (χ2n) is 7.76. The predicted octanol–water partition coefficient (Wildman–Crippen LogP) is 2.60. The zero-order valence-corrected chi connectivity index (χ0v) is 16.3. The average Bonchev–Trinajstić information content (AvgIpc) is 2.98. The summed E-state index contributed by atoms with van der Waals surface area (Å²) in [6, 6.07) is 18.6. The Labute approximate surface area is 160 Å². The van der Waals surface area contributed by atoms with E-state index in [-0.39, 0.29) is 5.54 Å². The molecule has 1 aliphatic rings. The number of para-hydroxylation sites is 2. The summed E-state index contributed by atoms with van der Waals surface area (Å²) in [5.74, 6) is 1.04. The van der Waals surface area contributed by atoms with Crippen LogP contribution < -0.4 is 0 Å². The lowest BCUT2D eigenvalue weighted by Crippen LogP contribution is -2.59. The number of aliphatic hydroxyl groups is 1. The van der Waals surface area contributed by atoms with Crippen LogP contribution in [-0.4, -0.2) is 57.7 Å². The minimum absolute atomic E-state index is 0.343. The molecule has 2 heterocycles. The van der Waals surface area contributed by atoms with Crippen LogP contribution in [0.4, 0.5) is 0 Å². The molecule has 0 bridgehead atoms. The Morgan fingerprint density at radius 2 is 1.81 bits per heavy atom. The van der Waals surface area contributed by atoms with E-state index in [4.69, 9.17) is 4.98 Å². The van der Waals surface area contributed by atoms with Crippen molar-refractivity contribution in [2.45, 2.75) is 24.6 Å². The summed E-state index contributed by atoms with van der Waals surface area (Å²) in [6.07, 6.45) is 0.424. The molecule has 0 spiro atoms. The molecule has 0 amide bonds. The molecule has 3 aromatic rings. The van der Waals surface area contributed by atoms with Gasteiger partial charge in [0, 0.05) is 20.1 Å². The maximum absolute atomic E-state index is 11.2. The summed E-state index contributed by atoms with van der Waals surface area (Å²) in [7, 11) is 6.20. The largest absolute Gasteiger partial charge is 0.389 e. The number of fused-ring (bicyclic) bond motifs is 1. The van der Waals surface area contributed by atoms with Crippen LogP contribution in [0.2, 0.25) is 0 Å². The van der Waals surface area contributed by atoms with Crippen LogP contribution in [0.15, 0.2) is 54.6 Å². The van der Waals surface area contributed by atoms with Crippen molar-refractivity contribution in [2.24, 2.45) is 7.05 Å². The lowest BCUT2D eigenvalue weighted by atomic mass is 9.77. The fourth-order valence-corrected chi connectivity index (χ4v) is 4.51. The first-order chi connectivity index (χ1) is 13.0. The lowest BCUT2D eigenvalue weighted by molar-refractivity contribution is -0.0708. The van der Waals surface area contributed by atoms with Crippen molar-refractivity contribution in [3.05, 3.63) is 66.0 Å². The van der Waals surface area contributed by atoms with E-state index in [0.29, 0.717) is 6.54 Å². The van der Waals surface area contributed by atoms with Gasteiger partial charge in [0.25, 0.3) is 0 Å². The van der Waals surface area contributed by atoms with Gasteiger partial charge in [0.05, 0.1) is 29.2 Å². The van der Waals surface area contributed by atoms with Crippen LogP contribution in [-0.2, 0) is 19.1 Å². The number of nitrogens with zero attached hydrogens (tertiary/aromatic N) is 4. The van der Waals surface area contributed by atoms with Gasteiger partial charge in [-0.2, -0.15) is 0 Å². The number of likely N-dealkylation sites (N-methyl/N-ethyl adjacent to an activating group) is 1. The van der Waals surface area contributed by atoms with Crippen molar-refractivity contribution in [3.63, 3.8) is 0 Å². The van der Waals surface area contributed by atoms with E-state index in [2.05, 4.69) is 71.9 Å². The lowest BCUT2D eigenvalue weighted by Gasteiger charge is -2.49. The first-order valence-corrected chi connectivity index (χ1v) is 9.56. The van der Waals surface area contributed by atoms with E-state index in [0.717, 1.165) is 36.4 Å². The normalized spacial score (nSPS) is 24.0. The van der Waals surface area contributed by atoms with Crippen LogP contribution in [0.3, 0.4) is 0 Å². The molecule has 1 aromatic heterocycles. The molecule has 0 aliphatic carbocycles. The number of benzene rings is 2. The highest BCUT2D eigenvalue weighted by molar-refractivity contribution is 5.75. The van der Waals surface area contributed by atoms with Crippen molar-refractivity contribution >= 4 is 11.0 Å². The number of β-amino-alcohol motifs (C(OH)–C–C–N with tert-alkyl or cyclic N) is 1. The Balaban J connectivity index is 1.56. The number of hydrogen-bond acceptors (Lipinski definition) is 4. The van der Waals surface area contributed by atoms with Gasteiger partial charge in [-0.25, -0.2) is 4.98 Å². The molecule has 1 aliphatic heterocycles. The number of aliphatic hydroxyl groups excluding tert-OH is 1. The zero-order valence-electron chi connectivity index (χ0n) is 16.3. The minimum atomic E-state index is -0.460. The molecule has 1 N–H and O–H groups in total. The van der Waals surface area contributed by atoms with Crippen molar-refractivity contribution < 1.29 is 5.11 Å². The zero-order chi connectivity index (χ0) is 19.0. The molecular weight excluding hydrogens is 336 g/mol. The topological polar surface area (TPSA) is 44.5 Å². The Bertz CT molecular complexity index is 920. The van der Waals surface area contributed by atoms with E-state index in [1.807, 2.05) is 18.2 Å². The number of likely N-dealkylation sites (tertiary alicyclic amines) is 1. The SMILES string of the molecule is CN(C)[C@]1(c2ccccc2)CCN(Cc2nc3ccccc3n2C)C[C@H]1O. The monoisotopic (exact) mass is 364 g/mol. The van der Waals surface area contributed by atoms with Gasteiger partial charge < -0.3 is 9.67 Å².